The molecule has 1 saturated heterocycles. The zero-order chi connectivity index (χ0) is 19.4. The number of halogens is 1. The predicted octanol–water partition coefficient (Wildman–Crippen LogP) is 2.00. The Hall–Kier alpha value is -2.64. The molecule has 0 bridgehead atoms. The summed E-state index contributed by atoms with van der Waals surface area (Å²) in [7, 11) is 0. The van der Waals surface area contributed by atoms with Crippen molar-refractivity contribution in [2.75, 3.05) is 11.9 Å². The third kappa shape index (κ3) is 4.37. The quantitative estimate of drug-likeness (QED) is 0.751. The van der Waals surface area contributed by atoms with E-state index >= 15 is 0 Å². The van der Waals surface area contributed by atoms with Crippen LogP contribution in [0.2, 0.25) is 0 Å². The first kappa shape index (κ1) is 19.1. The SMILES string of the molecule is CCNC(=O)N1[C@H](CC(=O)Nc2ccc(F)cc2)C(=O)N[C@@H]2CCCC[C@H]21. The zero-order valence-corrected chi connectivity index (χ0v) is 15.3. The summed E-state index contributed by atoms with van der Waals surface area (Å²) in [5.41, 5.74) is 0.442. The lowest BCUT2D eigenvalue weighted by molar-refractivity contribution is -0.135. The number of anilines is 1. The standard InChI is InChI=1S/C19H25FN4O3/c1-2-21-19(27)24-15-6-4-3-5-14(15)23-18(26)16(24)11-17(25)22-13-9-7-12(20)8-10-13/h7-10,14-16H,2-6,11H2,1H3,(H,21,27)(H,22,25)(H,23,26)/t14-,15-,16-/m1/s1. The Balaban J connectivity index is 1.75. The van der Waals surface area contributed by atoms with Crippen LogP contribution < -0.4 is 16.0 Å². The summed E-state index contributed by atoms with van der Waals surface area (Å²) in [6.45, 7) is 2.26. The van der Waals surface area contributed by atoms with Gasteiger partial charge in [-0.1, -0.05) is 12.8 Å². The van der Waals surface area contributed by atoms with Gasteiger partial charge in [0.15, 0.2) is 0 Å². The number of amides is 4. The molecular formula is C19H25FN4O3. The van der Waals surface area contributed by atoms with Crippen molar-refractivity contribution < 1.29 is 18.8 Å². The van der Waals surface area contributed by atoms with Crippen molar-refractivity contribution in [2.45, 2.75) is 57.2 Å². The van der Waals surface area contributed by atoms with Gasteiger partial charge in [-0.25, -0.2) is 9.18 Å². The maximum atomic E-state index is 13.0. The van der Waals surface area contributed by atoms with Gasteiger partial charge in [0.2, 0.25) is 11.8 Å². The van der Waals surface area contributed by atoms with Gasteiger partial charge in [-0.2, -0.15) is 0 Å². The summed E-state index contributed by atoms with van der Waals surface area (Å²) >= 11 is 0. The molecule has 2 aliphatic rings. The molecule has 1 aromatic carbocycles. The average Bonchev–Trinajstić information content (AvgIpc) is 2.64. The van der Waals surface area contributed by atoms with Crippen LogP contribution in [0.5, 0.6) is 0 Å². The molecule has 1 heterocycles. The molecule has 3 rings (SSSR count). The van der Waals surface area contributed by atoms with Crippen LogP contribution in [0.4, 0.5) is 14.9 Å². The number of nitrogens with zero attached hydrogens (tertiary/aromatic N) is 1. The molecule has 0 aromatic heterocycles. The highest BCUT2D eigenvalue weighted by atomic mass is 19.1. The van der Waals surface area contributed by atoms with Crippen molar-refractivity contribution in [3.05, 3.63) is 30.1 Å². The first-order valence-electron chi connectivity index (χ1n) is 9.41. The molecule has 0 unspecified atom stereocenters. The summed E-state index contributed by atoms with van der Waals surface area (Å²) in [5, 5.41) is 8.40. The maximum absolute atomic E-state index is 13.0. The highest BCUT2D eigenvalue weighted by Gasteiger charge is 2.45. The lowest BCUT2D eigenvalue weighted by Crippen LogP contribution is -2.69. The molecule has 27 heavy (non-hydrogen) atoms. The van der Waals surface area contributed by atoms with Crippen LogP contribution in [0.1, 0.15) is 39.0 Å². The van der Waals surface area contributed by atoms with Crippen LogP contribution in [0, 0.1) is 5.82 Å². The van der Waals surface area contributed by atoms with Crippen molar-refractivity contribution in [1.82, 2.24) is 15.5 Å². The molecule has 8 heteroatoms. The molecule has 2 fully saturated rings. The Morgan fingerprint density at radius 3 is 2.63 bits per heavy atom. The van der Waals surface area contributed by atoms with Gasteiger partial charge in [-0.15, -0.1) is 0 Å². The van der Waals surface area contributed by atoms with Gasteiger partial charge in [-0.05, 0) is 44.0 Å². The third-order valence-corrected chi connectivity index (χ3v) is 5.12. The molecular weight excluding hydrogens is 351 g/mol. The normalized spacial score (nSPS) is 24.6. The molecule has 0 radical (unpaired) electrons. The third-order valence-electron chi connectivity index (χ3n) is 5.12. The molecule has 1 aliphatic carbocycles. The summed E-state index contributed by atoms with van der Waals surface area (Å²) in [4.78, 5) is 39.3. The molecule has 3 atom stereocenters. The Kier molecular flexibility index (Phi) is 5.93. The number of nitrogens with one attached hydrogen (secondary N) is 3. The maximum Gasteiger partial charge on any atom is 0.318 e. The van der Waals surface area contributed by atoms with Crippen LogP contribution in [-0.2, 0) is 9.59 Å². The second kappa shape index (κ2) is 8.37. The molecule has 1 saturated carbocycles. The van der Waals surface area contributed by atoms with Gasteiger partial charge in [0.05, 0.1) is 12.5 Å². The Morgan fingerprint density at radius 1 is 1.22 bits per heavy atom. The highest BCUT2D eigenvalue weighted by Crippen LogP contribution is 2.29. The van der Waals surface area contributed by atoms with Crippen molar-refractivity contribution in [2.24, 2.45) is 0 Å². The minimum Gasteiger partial charge on any atom is -0.349 e. The monoisotopic (exact) mass is 376 g/mol. The molecule has 1 aliphatic heterocycles. The number of piperazine rings is 1. The van der Waals surface area contributed by atoms with Crippen LogP contribution in [-0.4, -0.2) is 47.4 Å². The van der Waals surface area contributed by atoms with Crippen LogP contribution in [0.3, 0.4) is 0 Å². The van der Waals surface area contributed by atoms with Gasteiger partial charge in [0, 0.05) is 18.3 Å². The predicted molar refractivity (Wildman–Crippen MR) is 98.5 cm³/mol. The van der Waals surface area contributed by atoms with Crippen LogP contribution in [0.25, 0.3) is 0 Å². The largest absolute Gasteiger partial charge is 0.349 e. The Morgan fingerprint density at radius 2 is 1.93 bits per heavy atom. The van der Waals surface area contributed by atoms with E-state index in [0.29, 0.717) is 12.2 Å². The topological polar surface area (TPSA) is 90.5 Å². The van der Waals surface area contributed by atoms with Gasteiger partial charge in [0.1, 0.15) is 11.9 Å². The number of rotatable bonds is 4. The molecule has 0 spiro atoms. The van der Waals surface area contributed by atoms with Crippen molar-refractivity contribution >= 4 is 23.5 Å². The summed E-state index contributed by atoms with van der Waals surface area (Å²) < 4.78 is 13.0. The van der Waals surface area contributed by atoms with Crippen molar-refractivity contribution in [3.8, 4) is 0 Å². The van der Waals surface area contributed by atoms with E-state index < -0.39 is 17.8 Å². The molecule has 7 nitrogen and oxygen atoms in total. The first-order valence-corrected chi connectivity index (χ1v) is 9.41. The number of hydrogen-bond acceptors (Lipinski definition) is 3. The van der Waals surface area contributed by atoms with E-state index in [0.717, 1.165) is 25.7 Å². The number of fused-ring (bicyclic) bond motifs is 1. The molecule has 4 amide bonds. The van der Waals surface area contributed by atoms with Gasteiger partial charge >= 0.3 is 6.03 Å². The smallest absolute Gasteiger partial charge is 0.318 e. The van der Waals surface area contributed by atoms with E-state index in [1.54, 1.807) is 4.90 Å². The van der Waals surface area contributed by atoms with E-state index in [9.17, 15) is 18.8 Å². The fraction of sp³-hybridized carbons (Fsp3) is 0.526. The minimum atomic E-state index is -0.864. The number of benzene rings is 1. The number of carbonyl (C=O) groups is 3. The fourth-order valence-electron chi connectivity index (χ4n) is 3.90. The van der Waals surface area contributed by atoms with Gasteiger partial charge in [-0.3, -0.25) is 9.59 Å². The molecule has 3 N–H and O–H groups in total. The fourth-order valence-corrected chi connectivity index (χ4v) is 3.90. The highest BCUT2D eigenvalue weighted by molar-refractivity contribution is 5.97. The second-order valence-corrected chi connectivity index (χ2v) is 6.98. The number of carbonyl (C=O) groups excluding carboxylic acids is 3. The molecule has 146 valence electrons. The van der Waals surface area contributed by atoms with Gasteiger partial charge < -0.3 is 20.9 Å². The number of hydrogen-bond donors (Lipinski definition) is 3. The zero-order valence-electron chi connectivity index (χ0n) is 15.3. The van der Waals surface area contributed by atoms with Crippen molar-refractivity contribution in [3.63, 3.8) is 0 Å². The minimum absolute atomic E-state index is 0.0646. The van der Waals surface area contributed by atoms with E-state index in [1.165, 1.54) is 24.3 Å². The Labute approximate surface area is 157 Å². The van der Waals surface area contributed by atoms with E-state index in [4.69, 9.17) is 0 Å². The lowest BCUT2D eigenvalue weighted by atomic mass is 9.85. The van der Waals surface area contributed by atoms with E-state index in [1.807, 2.05) is 6.92 Å². The molecule has 1 aromatic rings. The summed E-state index contributed by atoms with van der Waals surface area (Å²) in [6.07, 6.45) is 3.49. The first-order chi connectivity index (χ1) is 13.0. The average molecular weight is 376 g/mol. The summed E-state index contributed by atoms with van der Waals surface area (Å²) in [6, 6.07) is 4.05. The van der Waals surface area contributed by atoms with Crippen LogP contribution >= 0.6 is 0 Å². The van der Waals surface area contributed by atoms with E-state index in [-0.39, 0.29) is 30.4 Å². The van der Waals surface area contributed by atoms with E-state index in [2.05, 4.69) is 16.0 Å². The number of urea groups is 1. The summed E-state index contributed by atoms with van der Waals surface area (Å²) in [5.74, 6) is -1.10. The second-order valence-electron chi connectivity index (χ2n) is 6.98. The van der Waals surface area contributed by atoms with Gasteiger partial charge in [0.25, 0.3) is 0 Å². The lowest BCUT2D eigenvalue weighted by Gasteiger charge is -2.47. The van der Waals surface area contributed by atoms with Crippen LogP contribution in [0.15, 0.2) is 24.3 Å². The Bertz CT molecular complexity index is 709. The van der Waals surface area contributed by atoms with Crippen molar-refractivity contribution in [1.29, 1.82) is 0 Å².